The summed E-state index contributed by atoms with van der Waals surface area (Å²) in [5.41, 5.74) is 2.19. The Kier molecular flexibility index (Phi) is 5.48. The molecule has 2 N–H and O–H groups in total. The van der Waals surface area contributed by atoms with E-state index in [0.717, 1.165) is 37.6 Å². The third-order valence-electron chi connectivity index (χ3n) is 4.55. The molecule has 132 valence electrons. The molecule has 0 saturated carbocycles. The topological polar surface area (TPSA) is 78.4 Å². The quantitative estimate of drug-likeness (QED) is 0.842. The summed E-state index contributed by atoms with van der Waals surface area (Å²) in [7, 11) is 0. The Morgan fingerprint density at radius 1 is 1.24 bits per heavy atom. The number of carboxylic acid groups (broad SMARTS) is 1. The summed E-state index contributed by atoms with van der Waals surface area (Å²) < 4.78 is 0. The average molecular weight is 340 g/mol. The SMILES string of the molecule is Cc1cc(N2CCC(C(=O)O)CC2)nc(NCCc2ccccc2)n1. The first-order chi connectivity index (χ1) is 12.1. The first kappa shape index (κ1) is 17.2. The number of benzene rings is 1. The van der Waals surface area contributed by atoms with E-state index in [1.54, 1.807) is 0 Å². The number of aliphatic carboxylic acids is 1. The van der Waals surface area contributed by atoms with Crippen LogP contribution in [0.25, 0.3) is 0 Å². The number of rotatable bonds is 6. The van der Waals surface area contributed by atoms with Crippen LogP contribution in [-0.4, -0.2) is 40.7 Å². The Bertz CT molecular complexity index is 713. The minimum absolute atomic E-state index is 0.234. The van der Waals surface area contributed by atoms with Gasteiger partial charge >= 0.3 is 5.97 Å². The van der Waals surface area contributed by atoms with E-state index in [1.165, 1.54) is 5.56 Å². The fraction of sp³-hybridized carbons (Fsp3) is 0.421. The van der Waals surface area contributed by atoms with Crippen LogP contribution >= 0.6 is 0 Å². The van der Waals surface area contributed by atoms with Gasteiger partial charge in [-0.3, -0.25) is 4.79 Å². The van der Waals surface area contributed by atoms with Crippen molar-refractivity contribution in [2.24, 2.45) is 5.92 Å². The highest BCUT2D eigenvalue weighted by atomic mass is 16.4. The number of piperidine rings is 1. The summed E-state index contributed by atoms with van der Waals surface area (Å²) in [4.78, 5) is 22.3. The molecule has 2 aromatic rings. The molecule has 25 heavy (non-hydrogen) atoms. The van der Waals surface area contributed by atoms with Crippen LogP contribution in [0.3, 0.4) is 0 Å². The molecular formula is C19H24N4O2. The van der Waals surface area contributed by atoms with Crippen molar-refractivity contribution in [2.45, 2.75) is 26.2 Å². The first-order valence-electron chi connectivity index (χ1n) is 8.73. The van der Waals surface area contributed by atoms with Gasteiger partial charge in [-0.2, -0.15) is 4.98 Å². The molecule has 0 aliphatic carbocycles. The Morgan fingerprint density at radius 3 is 2.64 bits per heavy atom. The second-order valence-electron chi connectivity index (χ2n) is 6.45. The lowest BCUT2D eigenvalue weighted by atomic mass is 9.97. The third kappa shape index (κ3) is 4.68. The average Bonchev–Trinajstić information content (AvgIpc) is 2.62. The number of nitrogens with zero attached hydrogens (tertiary/aromatic N) is 3. The van der Waals surface area contributed by atoms with E-state index in [2.05, 4.69) is 32.3 Å². The number of aryl methyl sites for hydroxylation is 1. The van der Waals surface area contributed by atoms with Crippen LogP contribution in [0.15, 0.2) is 36.4 Å². The van der Waals surface area contributed by atoms with Gasteiger partial charge in [0.15, 0.2) is 0 Å². The van der Waals surface area contributed by atoms with E-state index in [1.807, 2.05) is 31.2 Å². The van der Waals surface area contributed by atoms with Crippen LogP contribution in [0.5, 0.6) is 0 Å². The molecule has 0 spiro atoms. The summed E-state index contributed by atoms with van der Waals surface area (Å²) in [5.74, 6) is 0.578. The number of aromatic nitrogens is 2. The smallest absolute Gasteiger partial charge is 0.306 e. The molecule has 0 unspecified atom stereocenters. The second kappa shape index (κ2) is 7.96. The van der Waals surface area contributed by atoms with Crippen molar-refractivity contribution in [1.29, 1.82) is 0 Å². The summed E-state index contributed by atoms with van der Waals surface area (Å²) in [6.07, 6.45) is 2.24. The van der Waals surface area contributed by atoms with Gasteiger partial charge in [0.25, 0.3) is 0 Å². The van der Waals surface area contributed by atoms with Crippen molar-refractivity contribution < 1.29 is 9.90 Å². The molecular weight excluding hydrogens is 316 g/mol. The second-order valence-corrected chi connectivity index (χ2v) is 6.45. The molecule has 1 aliphatic heterocycles. The van der Waals surface area contributed by atoms with E-state index < -0.39 is 5.97 Å². The maximum absolute atomic E-state index is 11.1. The molecule has 3 rings (SSSR count). The van der Waals surface area contributed by atoms with Gasteiger partial charge in [-0.05, 0) is 31.7 Å². The molecule has 2 heterocycles. The predicted molar refractivity (Wildman–Crippen MR) is 98.0 cm³/mol. The van der Waals surface area contributed by atoms with Gasteiger partial charge in [-0.1, -0.05) is 30.3 Å². The summed E-state index contributed by atoms with van der Waals surface area (Å²) in [6, 6.07) is 12.3. The lowest BCUT2D eigenvalue weighted by Crippen LogP contribution is -2.37. The summed E-state index contributed by atoms with van der Waals surface area (Å²) >= 11 is 0. The van der Waals surface area contributed by atoms with Crippen molar-refractivity contribution in [2.75, 3.05) is 29.9 Å². The van der Waals surface area contributed by atoms with E-state index in [-0.39, 0.29) is 5.92 Å². The molecule has 6 nitrogen and oxygen atoms in total. The normalized spacial score (nSPS) is 15.2. The van der Waals surface area contributed by atoms with Gasteiger partial charge in [0.2, 0.25) is 5.95 Å². The lowest BCUT2D eigenvalue weighted by Gasteiger charge is -2.31. The number of nitrogens with one attached hydrogen (secondary N) is 1. The van der Waals surface area contributed by atoms with Crippen molar-refractivity contribution >= 4 is 17.7 Å². The van der Waals surface area contributed by atoms with Crippen LogP contribution in [-0.2, 0) is 11.2 Å². The molecule has 6 heteroatoms. The highest BCUT2D eigenvalue weighted by Crippen LogP contribution is 2.23. The zero-order valence-corrected chi connectivity index (χ0v) is 14.5. The van der Waals surface area contributed by atoms with Crippen molar-refractivity contribution in [3.63, 3.8) is 0 Å². The zero-order valence-electron chi connectivity index (χ0n) is 14.5. The molecule has 0 atom stereocenters. The highest BCUT2D eigenvalue weighted by Gasteiger charge is 2.25. The largest absolute Gasteiger partial charge is 0.481 e. The molecule has 0 amide bonds. The number of carboxylic acids is 1. The standard InChI is InChI=1S/C19H24N4O2/c1-14-13-17(23-11-8-16(9-12-23)18(24)25)22-19(21-14)20-10-7-15-5-3-2-4-6-15/h2-6,13,16H,7-12H2,1H3,(H,24,25)(H,20,21,22). The van der Waals surface area contributed by atoms with Gasteiger partial charge in [0.1, 0.15) is 5.82 Å². The Labute approximate surface area is 147 Å². The Morgan fingerprint density at radius 2 is 1.96 bits per heavy atom. The molecule has 1 saturated heterocycles. The maximum atomic E-state index is 11.1. The number of carbonyl (C=O) groups is 1. The van der Waals surface area contributed by atoms with Crippen LogP contribution in [0, 0.1) is 12.8 Å². The predicted octanol–water partition coefficient (Wildman–Crippen LogP) is 2.74. The molecule has 1 aliphatic rings. The zero-order chi connectivity index (χ0) is 17.6. The fourth-order valence-corrected chi connectivity index (χ4v) is 3.11. The van der Waals surface area contributed by atoms with Gasteiger partial charge < -0.3 is 15.3 Å². The molecule has 0 bridgehead atoms. The third-order valence-corrected chi connectivity index (χ3v) is 4.55. The Hall–Kier alpha value is -2.63. The van der Waals surface area contributed by atoms with Crippen molar-refractivity contribution in [1.82, 2.24) is 9.97 Å². The van der Waals surface area contributed by atoms with Gasteiger partial charge in [-0.25, -0.2) is 4.98 Å². The minimum atomic E-state index is -0.693. The highest BCUT2D eigenvalue weighted by molar-refractivity contribution is 5.70. The lowest BCUT2D eigenvalue weighted by molar-refractivity contribution is -0.142. The van der Waals surface area contributed by atoms with Gasteiger partial charge in [-0.15, -0.1) is 0 Å². The van der Waals surface area contributed by atoms with Crippen LogP contribution in [0.1, 0.15) is 24.1 Å². The van der Waals surface area contributed by atoms with E-state index in [4.69, 9.17) is 5.11 Å². The van der Waals surface area contributed by atoms with E-state index in [9.17, 15) is 4.79 Å². The van der Waals surface area contributed by atoms with E-state index >= 15 is 0 Å². The van der Waals surface area contributed by atoms with Crippen LogP contribution in [0.2, 0.25) is 0 Å². The van der Waals surface area contributed by atoms with Crippen molar-refractivity contribution in [3.05, 3.63) is 47.7 Å². The minimum Gasteiger partial charge on any atom is -0.481 e. The number of hydrogen-bond donors (Lipinski definition) is 2. The van der Waals surface area contributed by atoms with Gasteiger partial charge in [0, 0.05) is 31.4 Å². The summed E-state index contributed by atoms with van der Waals surface area (Å²) in [5, 5.41) is 12.4. The number of anilines is 2. The fourth-order valence-electron chi connectivity index (χ4n) is 3.11. The molecule has 1 aromatic carbocycles. The monoisotopic (exact) mass is 340 g/mol. The van der Waals surface area contributed by atoms with Crippen LogP contribution < -0.4 is 10.2 Å². The first-order valence-corrected chi connectivity index (χ1v) is 8.73. The Balaban J connectivity index is 1.60. The van der Waals surface area contributed by atoms with E-state index in [0.29, 0.717) is 18.8 Å². The maximum Gasteiger partial charge on any atom is 0.306 e. The van der Waals surface area contributed by atoms with Gasteiger partial charge in [0.05, 0.1) is 5.92 Å². The molecule has 1 fully saturated rings. The van der Waals surface area contributed by atoms with Crippen LogP contribution in [0.4, 0.5) is 11.8 Å². The number of hydrogen-bond acceptors (Lipinski definition) is 5. The summed E-state index contributed by atoms with van der Waals surface area (Å²) in [6.45, 7) is 4.17. The van der Waals surface area contributed by atoms with Crippen molar-refractivity contribution in [3.8, 4) is 0 Å². The molecule has 1 aromatic heterocycles. The molecule has 0 radical (unpaired) electrons.